The lowest BCUT2D eigenvalue weighted by atomic mass is 9.83. The van der Waals surface area contributed by atoms with Gasteiger partial charge in [-0.3, -0.25) is 0 Å². The van der Waals surface area contributed by atoms with Crippen molar-refractivity contribution in [2.75, 3.05) is 18.0 Å². The first-order valence-corrected chi connectivity index (χ1v) is 9.36. The minimum absolute atomic E-state index is 0.312. The van der Waals surface area contributed by atoms with Gasteiger partial charge >= 0.3 is 0 Å². The molecule has 23 heavy (non-hydrogen) atoms. The molecule has 0 amide bonds. The minimum atomic E-state index is 0.312. The Kier molecular flexibility index (Phi) is 6.13. The molecule has 1 aliphatic rings. The number of fused-ring (bicyclic) bond motifs is 2. The maximum atomic E-state index is 3.84. The van der Waals surface area contributed by atoms with E-state index < -0.39 is 0 Å². The summed E-state index contributed by atoms with van der Waals surface area (Å²) in [6.07, 6.45) is 3.63. The van der Waals surface area contributed by atoms with E-state index in [1.165, 1.54) is 24.1 Å². The summed E-state index contributed by atoms with van der Waals surface area (Å²) in [6.45, 7) is 16.3. The minimum Gasteiger partial charge on any atom is -0.369 e. The molecule has 1 aromatic carbocycles. The van der Waals surface area contributed by atoms with E-state index in [1.54, 1.807) is 0 Å². The first kappa shape index (κ1) is 18.3. The van der Waals surface area contributed by atoms with Crippen LogP contribution in [0.2, 0.25) is 0 Å². The highest BCUT2D eigenvalue weighted by Crippen LogP contribution is 2.32. The average Bonchev–Trinajstić information content (AvgIpc) is 2.46. The predicted octanol–water partition coefficient (Wildman–Crippen LogP) is 4.88. The third-order valence-corrected chi connectivity index (χ3v) is 4.90. The van der Waals surface area contributed by atoms with Gasteiger partial charge < -0.3 is 10.2 Å². The Labute approximate surface area is 143 Å². The van der Waals surface area contributed by atoms with Gasteiger partial charge in [0.2, 0.25) is 0 Å². The summed E-state index contributed by atoms with van der Waals surface area (Å²) in [7, 11) is 0. The summed E-state index contributed by atoms with van der Waals surface area (Å²) in [6, 6.07) is 10.3. The molecule has 0 fully saturated rings. The Balaban J connectivity index is 2.19. The molecule has 2 rings (SSSR count). The molecule has 2 heteroatoms. The first-order valence-electron chi connectivity index (χ1n) is 9.36. The summed E-state index contributed by atoms with van der Waals surface area (Å²) in [4.78, 5) is 2.57. The molecule has 1 aromatic rings. The van der Waals surface area contributed by atoms with Crippen LogP contribution in [0.3, 0.4) is 0 Å². The van der Waals surface area contributed by atoms with E-state index in [9.17, 15) is 0 Å². The van der Waals surface area contributed by atoms with Gasteiger partial charge in [-0.1, -0.05) is 39.8 Å². The van der Waals surface area contributed by atoms with Crippen LogP contribution in [0.15, 0.2) is 24.3 Å². The second-order valence-electron chi connectivity index (χ2n) is 8.80. The van der Waals surface area contributed by atoms with Crippen molar-refractivity contribution in [3.63, 3.8) is 0 Å². The van der Waals surface area contributed by atoms with Crippen molar-refractivity contribution in [3.8, 4) is 0 Å². The Morgan fingerprint density at radius 3 is 2.61 bits per heavy atom. The Hall–Kier alpha value is -1.02. The monoisotopic (exact) mass is 316 g/mol. The molecule has 1 unspecified atom stereocenters. The molecule has 0 saturated carbocycles. The highest BCUT2D eigenvalue weighted by molar-refractivity contribution is 5.50. The van der Waals surface area contributed by atoms with Crippen LogP contribution in [0.25, 0.3) is 0 Å². The highest BCUT2D eigenvalue weighted by Gasteiger charge is 2.29. The molecule has 0 spiro atoms. The van der Waals surface area contributed by atoms with Crippen molar-refractivity contribution in [3.05, 3.63) is 29.8 Å². The van der Waals surface area contributed by atoms with Gasteiger partial charge in [-0.2, -0.15) is 0 Å². The molecule has 0 aromatic heterocycles. The lowest BCUT2D eigenvalue weighted by Gasteiger charge is -2.38. The van der Waals surface area contributed by atoms with Crippen molar-refractivity contribution < 1.29 is 0 Å². The van der Waals surface area contributed by atoms with Gasteiger partial charge in [0.25, 0.3) is 0 Å². The Morgan fingerprint density at radius 1 is 1.22 bits per heavy atom. The van der Waals surface area contributed by atoms with Crippen molar-refractivity contribution in [2.45, 2.75) is 72.9 Å². The highest BCUT2D eigenvalue weighted by atomic mass is 15.2. The van der Waals surface area contributed by atoms with Crippen LogP contribution in [-0.2, 0) is 6.42 Å². The Morgan fingerprint density at radius 2 is 1.96 bits per heavy atom. The van der Waals surface area contributed by atoms with E-state index in [4.69, 9.17) is 0 Å². The van der Waals surface area contributed by atoms with Gasteiger partial charge in [-0.25, -0.2) is 0 Å². The Bertz CT molecular complexity index is 490. The predicted molar refractivity (Wildman–Crippen MR) is 102 cm³/mol. The van der Waals surface area contributed by atoms with E-state index in [0.717, 1.165) is 25.4 Å². The summed E-state index contributed by atoms with van der Waals surface area (Å²) in [5.41, 5.74) is 3.16. The summed E-state index contributed by atoms with van der Waals surface area (Å²) in [5.74, 6) is 0.770. The molecule has 0 radical (unpaired) electrons. The van der Waals surface area contributed by atoms with Gasteiger partial charge in [-0.05, 0) is 68.7 Å². The number of rotatable bonds is 5. The van der Waals surface area contributed by atoms with Crippen LogP contribution in [0.5, 0.6) is 0 Å². The van der Waals surface area contributed by atoms with Crippen LogP contribution in [-0.4, -0.2) is 25.2 Å². The van der Waals surface area contributed by atoms with Gasteiger partial charge in [0.15, 0.2) is 0 Å². The fourth-order valence-corrected chi connectivity index (χ4v) is 3.70. The molecular formula is C21H36N2. The number of anilines is 1. The number of hydrogen-bond donors (Lipinski definition) is 1. The largest absolute Gasteiger partial charge is 0.369 e. The number of nitrogens with zero attached hydrogens (tertiary/aromatic N) is 1. The van der Waals surface area contributed by atoms with Crippen molar-refractivity contribution >= 4 is 5.69 Å². The van der Waals surface area contributed by atoms with Crippen LogP contribution in [0, 0.1) is 11.3 Å². The van der Waals surface area contributed by atoms with Crippen molar-refractivity contribution in [1.82, 2.24) is 5.32 Å². The molecule has 1 heterocycles. The zero-order valence-electron chi connectivity index (χ0n) is 16.0. The topological polar surface area (TPSA) is 15.3 Å². The molecule has 1 atom stereocenters. The third-order valence-electron chi connectivity index (χ3n) is 4.90. The average molecular weight is 317 g/mol. The molecule has 1 aliphatic heterocycles. The smallest absolute Gasteiger partial charge is 0.0371 e. The first-order chi connectivity index (χ1) is 10.8. The van der Waals surface area contributed by atoms with Crippen molar-refractivity contribution in [1.29, 1.82) is 0 Å². The van der Waals surface area contributed by atoms with E-state index in [1.807, 2.05) is 0 Å². The molecule has 2 nitrogen and oxygen atoms in total. The molecule has 2 bridgehead atoms. The lowest BCUT2D eigenvalue weighted by molar-refractivity contribution is 0.276. The van der Waals surface area contributed by atoms with Crippen LogP contribution in [0.4, 0.5) is 5.69 Å². The molecular weight excluding hydrogens is 280 g/mol. The molecule has 0 aliphatic carbocycles. The second-order valence-corrected chi connectivity index (χ2v) is 8.80. The van der Waals surface area contributed by atoms with Crippen LogP contribution >= 0.6 is 0 Å². The molecule has 130 valence electrons. The summed E-state index contributed by atoms with van der Waals surface area (Å²) >= 11 is 0. The number of benzene rings is 1. The van der Waals surface area contributed by atoms with Crippen LogP contribution < -0.4 is 10.2 Å². The third kappa shape index (κ3) is 5.53. The van der Waals surface area contributed by atoms with E-state index >= 15 is 0 Å². The summed E-state index contributed by atoms with van der Waals surface area (Å²) in [5, 5.41) is 3.84. The number of nitrogens with one attached hydrogen (secondary N) is 1. The van der Waals surface area contributed by atoms with Crippen molar-refractivity contribution in [2.24, 2.45) is 11.3 Å². The summed E-state index contributed by atoms with van der Waals surface area (Å²) < 4.78 is 0. The second kappa shape index (κ2) is 7.70. The fourth-order valence-electron chi connectivity index (χ4n) is 3.70. The zero-order chi connectivity index (χ0) is 17.0. The van der Waals surface area contributed by atoms with E-state index in [2.05, 4.69) is 76.0 Å². The van der Waals surface area contributed by atoms with Gasteiger partial charge in [0.05, 0.1) is 0 Å². The molecule has 1 N–H and O–H groups in total. The van der Waals surface area contributed by atoms with Crippen LogP contribution in [0.1, 0.15) is 59.9 Å². The normalized spacial score (nSPS) is 21.2. The zero-order valence-corrected chi connectivity index (χ0v) is 16.0. The maximum absolute atomic E-state index is 3.84. The van der Waals surface area contributed by atoms with E-state index in [0.29, 0.717) is 17.5 Å². The molecule has 0 saturated heterocycles. The number of hydrogen-bond acceptors (Lipinski definition) is 2. The maximum Gasteiger partial charge on any atom is 0.0371 e. The fraction of sp³-hybridized carbons (Fsp3) is 0.714. The van der Waals surface area contributed by atoms with Gasteiger partial charge in [-0.15, -0.1) is 0 Å². The van der Waals surface area contributed by atoms with Gasteiger partial charge in [0, 0.05) is 24.3 Å². The van der Waals surface area contributed by atoms with E-state index in [-0.39, 0.29) is 0 Å². The SMILES string of the molecule is CC(C)CCNC1Cc2cccc(c2)N(C(C)C)CC(C)(C)C1. The van der Waals surface area contributed by atoms with Gasteiger partial charge in [0.1, 0.15) is 0 Å². The quantitative estimate of drug-likeness (QED) is 0.833. The lowest BCUT2D eigenvalue weighted by Crippen LogP contribution is -2.42. The standard InChI is InChI=1S/C21H36N2/c1-16(2)10-11-22-19-12-18-8-7-9-20(13-18)23(17(3)4)15-21(5,6)14-19/h7-9,13,16-17,19,22H,10-12,14-15H2,1-6H3.